The van der Waals surface area contributed by atoms with Gasteiger partial charge in [0, 0.05) is 30.5 Å². The Morgan fingerprint density at radius 1 is 0.962 bits per heavy atom. The maximum Gasteiger partial charge on any atom is 0.223 e. The van der Waals surface area contributed by atoms with Crippen molar-refractivity contribution >= 4 is 11.7 Å². The lowest BCUT2D eigenvalue weighted by atomic mass is 9.79. The molecule has 1 aliphatic heterocycles. The van der Waals surface area contributed by atoms with E-state index in [0.717, 1.165) is 32.2 Å². The van der Waals surface area contributed by atoms with Gasteiger partial charge in [0.1, 0.15) is 0 Å². The fourth-order valence-corrected chi connectivity index (χ4v) is 4.57. The highest BCUT2D eigenvalue weighted by Crippen LogP contribution is 2.42. The average molecular weight is 359 g/mol. The van der Waals surface area contributed by atoms with Crippen LogP contribution in [0.3, 0.4) is 0 Å². The van der Waals surface area contributed by atoms with E-state index >= 15 is 0 Å². The minimum absolute atomic E-state index is 0.0313. The Hall–Kier alpha value is -2.04. The van der Waals surface area contributed by atoms with Crippen molar-refractivity contribution in [3.05, 3.63) is 23.8 Å². The standard InChI is InChI=1S/C21H29NO4/c1-25-18-9-7-16(15-19(18)26-2)17(23)8-10-20(24)22-14-6-13-21(22)11-4-3-5-12-21/h7,9,15H,3-6,8,10-14H2,1-2H3. The van der Waals surface area contributed by atoms with Crippen molar-refractivity contribution in [2.75, 3.05) is 20.8 Å². The molecule has 3 rings (SSSR count). The fourth-order valence-electron chi connectivity index (χ4n) is 4.57. The lowest BCUT2D eigenvalue weighted by Crippen LogP contribution is -2.48. The first-order valence-electron chi connectivity index (χ1n) is 9.65. The second-order valence-electron chi connectivity index (χ2n) is 7.43. The molecule has 0 radical (unpaired) electrons. The molecule has 142 valence electrons. The molecule has 0 bridgehead atoms. The molecule has 1 aliphatic carbocycles. The van der Waals surface area contributed by atoms with Gasteiger partial charge in [0.15, 0.2) is 17.3 Å². The summed E-state index contributed by atoms with van der Waals surface area (Å²) in [7, 11) is 3.11. The van der Waals surface area contributed by atoms with Crippen molar-refractivity contribution in [1.82, 2.24) is 4.90 Å². The molecule has 1 aromatic carbocycles. The number of nitrogens with zero attached hydrogens (tertiary/aromatic N) is 1. The van der Waals surface area contributed by atoms with Crippen LogP contribution in [0.1, 0.15) is 68.1 Å². The number of carbonyl (C=O) groups is 2. The molecule has 1 saturated carbocycles. The van der Waals surface area contributed by atoms with Crippen molar-refractivity contribution in [2.45, 2.75) is 63.3 Å². The van der Waals surface area contributed by atoms with Crippen LogP contribution in [-0.2, 0) is 4.79 Å². The van der Waals surface area contributed by atoms with Crippen molar-refractivity contribution in [3.8, 4) is 11.5 Å². The Bertz CT molecular complexity index is 664. The Morgan fingerprint density at radius 2 is 1.65 bits per heavy atom. The number of hydrogen-bond acceptors (Lipinski definition) is 4. The van der Waals surface area contributed by atoms with Crippen LogP contribution in [0.4, 0.5) is 0 Å². The van der Waals surface area contributed by atoms with Gasteiger partial charge in [-0.3, -0.25) is 9.59 Å². The molecule has 1 aromatic rings. The van der Waals surface area contributed by atoms with Crippen LogP contribution in [-0.4, -0.2) is 42.9 Å². The van der Waals surface area contributed by atoms with Gasteiger partial charge in [-0.15, -0.1) is 0 Å². The highest BCUT2D eigenvalue weighted by atomic mass is 16.5. The number of Topliss-reactive ketones (excluding diaryl/α,β-unsaturated/α-hetero) is 1. The van der Waals surface area contributed by atoms with Crippen molar-refractivity contribution in [1.29, 1.82) is 0 Å². The first-order chi connectivity index (χ1) is 12.6. The van der Waals surface area contributed by atoms with Crippen LogP contribution in [0, 0.1) is 0 Å². The average Bonchev–Trinajstić information content (AvgIpc) is 3.08. The summed E-state index contributed by atoms with van der Waals surface area (Å²) in [5.74, 6) is 1.23. The Balaban J connectivity index is 1.61. The molecule has 5 nitrogen and oxygen atoms in total. The van der Waals surface area contributed by atoms with E-state index in [-0.39, 0.29) is 30.1 Å². The topological polar surface area (TPSA) is 55.8 Å². The molecule has 0 unspecified atom stereocenters. The molecule has 1 spiro atoms. The van der Waals surface area contributed by atoms with Crippen LogP contribution in [0.2, 0.25) is 0 Å². The summed E-state index contributed by atoms with van der Waals surface area (Å²) in [6.45, 7) is 0.851. The van der Waals surface area contributed by atoms with Gasteiger partial charge in [-0.2, -0.15) is 0 Å². The van der Waals surface area contributed by atoms with Crippen LogP contribution in [0.25, 0.3) is 0 Å². The zero-order valence-electron chi connectivity index (χ0n) is 15.9. The number of benzene rings is 1. The highest BCUT2D eigenvalue weighted by Gasteiger charge is 2.43. The van der Waals surface area contributed by atoms with Crippen LogP contribution < -0.4 is 9.47 Å². The third-order valence-electron chi connectivity index (χ3n) is 5.95. The summed E-state index contributed by atoms with van der Waals surface area (Å²) in [4.78, 5) is 27.4. The number of ketones is 1. The third-order valence-corrected chi connectivity index (χ3v) is 5.95. The van der Waals surface area contributed by atoms with E-state index in [1.165, 1.54) is 19.3 Å². The maximum atomic E-state index is 12.8. The van der Waals surface area contributed by atoms with Crippen molar-refractivity contribution in [3.63, 3.8) is 0 Å². The van der Waals surface area contributed by atoms with Gasteiger partial charge in [-0.05, 0) is 43.9 Å². The van der Waals surface area contributed by atoms with E-state index in [1.807, 2.05) is 0 Å². The smallest absolute Gasteiger partial charge is 0.223 e. The maximum absolute atomic E-state index is 12.8. The molecular weight excluding hydrogens is 330 g/mol. The molecule has 5 heteroatoms. The summed E-state index contributed by atoms with van der Waals surface area (Å²) in [6.07, 6.45) is 8.71. The SMILES string of the molecule is COc1ccc(C(=O)CCC(=O)N2CCCC23CCCCC3)cc1OC. The van der Waals surface area contributed by atoms with Crippen LogP contribution in [0.15, 0.2) is 18.2 Å². The first kappa shape index (κ1) is 18.7. The number of amides is 1. The van der Waals surface area contributed by atoms with Gasteiger partial charge in [-0.25, -0.2) is 0 Å². The van der Waals surface area contributed by atoms with E-state index in [4.69, 9.17) is 9.47 Å². The predicted octanol–water partition coefficient (Wildman–Crippen LogP) is 3.99. The Labute approximate surface area is 155 Å². The summed E-state index contributed by atoms with van der Waals surface area (Å²) >= 11 is 0. The van der Waals surface area contributed by atoms with Gasteiger partial charge in [-0.1, -0.05) is 19.3 Å². The molecular formula is C21H29NO4. The van der Waals surface area contributed by atoms with Crippen molar-refractivity contribution in [2.24, 2.45) is 0 Å². The number of hydrogen-bond donors (Lipinski definition) is 0. The van der Waals surface area contributed by atoms with Gasteiger partial charge < -0.3 is 14.4 Å². The Kier molecular flexibility index (Phi) is 5.84. The van der Waals surface area contributed by atoms with E-state index in [1.54, 1.807) is 32.4 Å². The summed E-state index contributed by atoms with van der Waals surface area (Å²) in [5.41, 5.74) is 0.645. The summed E-state index contributed by atoms with van der Waals surface area (Å²) in [6, 6.07) is 5.14. The van der Waals surface area contributed by atoms with Crippen LogP contribution in [0.5, 0.6) is 11.5 Å². The molecule has 0 aromatic heterocycles. The molecule has 0 N–H and O–H groups in total. The molecule has 2 aliphatic rings. The van der Waals surface area contributed by atoms with Gasteiger partial charge in [0.25, 0.3) is 0 Å². The van der Waals surface area contributed by atoms with Gasteiger partial charge in [0.05, 0.1) is 14.2 Å². The van der Waals surface area contributed by atoms with E-state index in [0.29, 0.717) is 17.1 Å². The van der Waals surface area contributed by atoms with Crippen LogP contribution >= 0.6 is 0 Å². The van der Waals surface area contributed by atoms with E-state index in [2.05, 4.69) is 4.90 Å². The molecule has 1 saturated heterocycles. The number of carbonyl (C=O) groups excluding carboxylic acids is 2. The minimum Gasteiger partial charge on any atom is -0.493 e. The second kappa shape index (κ2) is 8.11. The zero-order valence-corrected chi connectivity index (χ0v) is 15.9. The zero-order chi connectivity index (χ0) is 18.6. The van der Waals surface area contributed by atoms with E-state index < -0.39 is 0 Å². The van der Waals surface area contributed by atoms with Crippen molar-refractivity contribution < 1.29 is 19.1 Å². The molecule has 0 atom stereocenters. The monoisotopic (exact) mass is 359 g/mol. The fraction of sp³-hybridized carbons (Fsp3) is 0.619. The molecule has 1 heterocycles. The molecule has 2 fully saturated rings. The summed E-state index contributed by atoms with van der Waals surface area (Å²) < 4.78 is 10.5. The third kappa shape index (κ3) is 3.71. The number of methoxy groups -OCH3 is 2. The Morgan fingerprint density at radius 3 is 2.35 bits per heavy atom. The number of likely N-dealkylation sites (tertiary alicyclic amines) is 1. The quantitative estimate of drug-likeness (QED) is 0.721. The van der Waals surface area contributed by atoms with Gasteiger partial charge >= 0.3 is 0 Å². The lowest BCUT2D eigenvalue weighted by Gasteiger charge is -2.41. The number of rotatable bonds is 6. The summed E-state index contributed by atoms with van der Waals surface area (Å²) in [5, 5.41) is 0. The largest absolute Gasteiger partial charge is 0.493 e. The highest BCUT2D eigenvalue weighted by molar-refractivity contribution is 5.98. The first-order valence-corrected chi connectivity index (χ1v) is 9.65. The second-order valence-corrected chi connectivity index (χ2v) is 7.43. The minimum atomic E-state index is -0.0313. The molecule has 26 heavy (non-hydrogen) atoms. The van der Waals surface area contributed by atoms with E-state index in [9.17, 15) is 9.59 Å². The normalized spacial score (nSPS) is 18.8. The van der Waals surface area contributed by atoms with Gasteiger partial charge in [0.2, 0.25) is 5.91 Å². The number of ether oxygens (including phenoxy) is 2. The molecule has 1 amide bonds. The lowest BCUT2D eigenvalue weighted by molar-refractivity contribution is -0.136. The predicted molar refractivity (Wildman–Crippen MR) is 99.9 cm³/mol.